The lowest BCUT2D eigenvalue weighted by atomic mass is 9.82. The summed E-state index contributed by atoms with van der Waals surface area (Å²) >= 11 is 1.82. The van der Waals surface area contributed by atoms with Crippen LogP contribution in [0.5, 0.6) is 0 Å². The van der Waals surface area contributed by atoms with Crippen LogP contribution in [0.25, 0.3) is 0 Å². The lowest BCUT2D eigenvalue weighted by Crippen LogP contribution is -2.34. The Hall–Kier alpha value is -0.340. The van der Waals surface area contributed by atoms with Gasteiger partial charge in [0.2, 0.25) is 0 Å². The maximum Gasteiger partial charge on any atom is 0.00697 e. The van der Waals surface area contributed by atoms with Crippen LogP contribution in [0.3, 0.4) is 0 Å². The minimum absolute atomic E-state index is 0.785. The van der Waals surface area contributed by atoms with Gasteiger partial charge in [-0.15, -0.1) is 0 Å². The fourth-order valence-corrected chi connectivity index (χ4v) is 3.37. The molecule has 1 aromatic rings. The van der Waals surface area contributed by atoms with Crippen LogP contribution in [0.4, 0.5) is 0 Å². The average molecular weight is 223 g/mol. The Morgan fingerprint density at radius 1 is 1.47 bits per heavy atom. The Morgan fingerprint density at radius 2 is 2.40 bits per heavy atom. The van der Waals surface area contributed by atoms with Gasteiger partial charge in [-0.05, 0) is 54.1 Å². The van der Waals surface area contributed by atoms with Crippen molar-refractivity contribution in [1.82, 2.24) is 5.32 Å². The second kappa shape index (κ2) is 5.66. The standard InChI is InChI=1S/C13H21NS/c1-2-14-13-5-3-4-11(9-13)8-12-6-7-15-10-12/h6-7,10-11,13-14H,2-5,8-9H2,1H3. The summed E-state index contributed by atoms with van der Waals surface area (Å²) in [6.45, 7) is 3.33. The molecule has 1 aromatic heterocycles. The third-order valence-electron chi connectivity index (χ3n) is 3.38. The summed E-state index contributed by atoms with van der Waals surface area (Å²) in [5.74, 6) is 0.914. The van der Waals surface area contributed by atoms with Gasteiger partial charge in [-0.2, -0.15) is 11.3 Å². The Labute approximate surface area is 96.9 Å². The second-order valence-electron chi connectivity index (χ2n) is 4.62. The van der Waals surface area contributed by atoms with E-state index in [0.717, 1.165) is 18.5 Å². The molecule has 0 saturated heterocycles. The highest BCUT2D eigenvalue weighted by molar-refractivity contribution is 7.07. The van der Waals surface area contributed by atoms with Crippen LogP contribution in [0.1, 0.15) is 38.2 Å². The normalized spacial score (nSPS) is 26.7. The van der Waals surface area contributed by atoms with E-state index in [-0.39, 0.29) is 0 Å². The fourth-order valence-electron chi connectivity index (χ4n) is 2.69. The van der Waals surface area contributed by atoms with Gasteiger partial charge in [-0.3, -0.25) is 0 Å². The molecule has 0 amide bonds. The van der Waals surface area contributed by atoms with Crippen molar-refractivity contribution >= 4 is 11.3 Å². The fraction of sp³-hybridized carbons (Fsp3) is 0.692. The van der Waals surface area contributed by atoms with Crippen LogP contribution in [-0.2, 0) is 6.42 Å². The highest BCUT2D eigenvalue weighted by Gasteiger charge is 2.21. The van der Waals surface area contributed by atoms with Crippen LogP contribution < -0.4 is 5.32 Å². The first kappa shape index (κ1) is 11.2. The molecular weight excluding hydrogens is 202 g/mol. The summed E-state index contributed by atoms with van der Waals surface area (Å²) in [6, 6.07) is 3.06. The van der Waals surface area contributed by atoms with Crippen molar-refractivity contribution < 1.29 is 0 Å². The lowest BCUT2D eigenvalue weighted by molar-refractivity contribution is 0.287. The third-order valence-corrected chi connectivity index (χ3v) is 4.11. The molecular formula is C13H21NS. The predicted molar refractivity (Wildman–Crippen MR) is 67.4 cm³/mol. The zero-order valence-corrected chi connectivity index (χ0v) is 10.4. The maximum absolute atomic E-state index is 3.60. The van der Waals surface area contributed by atoms with E-state index in [4.69, 9.17) is 0 Å². The SMILES string of the molecule is CCNC1CCCC(Cc2ccsc2)C1. The van der Waals surface area contributed by atoms with E-state index < -0.39 is 0 Å². The van der Waals surface area contributed by atoms with Gasteiger partial charge >= 0.3 is 0 Å². The first-order valence-electron chi connectivity index (χ1n) is 6.13. The number of hydrogen-bond donors (Lipinski definition) is 1. The minimum atomic E-state index is 0.785. The van der Waals surface area contributed by atoms with E-state index in [1.165, 1.54) is 32.1 Å². The Bertz CT molecular complexity index is 266. The topological polar surface area (TPSA) is 12.0 Å². The Morgan fingerprint density at radius 3 is 3.13 bits per heavy atom. The van der Waals surface area contributed by atoms with Crippen LogP contribution >= 0.6 is 11.3 Å². The molecule has 0 aromatic carbocycles. The minimum Gasteiger partial charge on any atom is -0.314 e. The highest BCUT2D eigenvalue weighted by Crippen LogP contribution is 2.27. The van der Waals surface area contributed by atoms with Crippen molar-refractivity contribution in [3.8, 4) is 0 Å². The van der Waals surface area contributed by atoms with Crippen molar-refractivity contribution in [3.63, 3.8) is 0 Å². The molecule has 1 aliphatic carbocycles. The molecule has 15 heavy (non-hydrogen) atoms. The number of hydrogen-bond acceptors (Lipinski definition) is 2. The van der Waals surface area contributed by atoms with Gasteiger partial charge in [0.15, 0.2) is 0 Å². The largest absolute Gasteiger partial charge is 0.314 e. The van der Waals surface area contributed by atoms with Crippen molar-refractivity contribution in [2.45, 2.75) is 45.1 Å². The van der Waals surface area contributed by atoms with Crippen LogP contribution in [0.2, 0.25) is 0 Å². The van der Waals surface area contributed by atoms with E-state index in [2.05, 4.69) is 29.1 Å². The van der Waals surface area contributed by atoms with E-state index in [0.29, 0.717) is 0 Å². The van der Waals surface area contributed by atoms with Gasteiger partial charge in [0.05, 0.1) is 0 Å². The predicted octanol–water partition coefficient (Wildman–Crippen LogP) is 3.46. The molecule has 1 saturated carbocycles. The molecule has 2 rings (SSSR count). The quantitative estimate of drug-likeness (QED) is 0.824. The van der Waals surface area contributed by atoms with Crippen LogP contribution in [-0.4, -0.2) is 12.6 Å². The van der Waals surface area contributed by atoms with Gasteiger partial charge in [0.1, 0.15) is 0 Å². The molecule has 0 bridgehead atoms. The molecule has 0 aliphatic heterocycles. The zero-order chi connectivity index (χ0) is 10.5. The van der Waals surface area contributed by atoms with Gasteiger partial charge in [-0.25, -0.2) is 0 Å². The van der Waals surface area contributed by atoms with E-state index in [1.807, 2.05) is 11.3 Å². The molecule has 84 valence electrons. The molecule has 0 spiro atoms. The maximum atomic E-state index is 3.60. The molecule has 0 radical (unpaired) electrons. The summed E-state index contributed by atoms with van der Waals surface area (Å²) in [7, 11) is 0. The van der Waals surface area contributed by atoms with Gasteiger partial charge in [0, 0.05) is 6.04 Å². The zero-order valence-electron chi connectivity index (χ0n) is 9.54. The molecule has 1 nitrogen and oxygen atoms in total. The Balaban J connectivity index is 1.82. The van der Waals surface area contributed by atoms with Crippen molar-refractivity contribution in [3.05, 3.63) is 22.4 Å². The summed E-state index contributed by atoms with van der Waals surface area (Å²) in [5.41, 5.74) is 1.54. The molecule has 1 aliphatic rings. The van der Waals surface area contributed by atoms with E-state index >= 15 is 0 Å². The smallest absolute Gasteiger partial charge is 0.00697 e. The monoisotopic (exact) mass is 223 g/mol. The molecule has 1 fully saturated rings. The number of nitrogens with one attached hydrogen (secondary N) is 1. The first-order chi connectivity index (χ1) is 7.38. The van der Waals surface area contributed by atoms with Crippen molar-refractivity contribution in [1.29, 1.82) is 0 Å². The molecule has 1 N–H and O–H groups in total. The average Bonchev–Trinajstić information content (AvgIpc) is 2.71. The van der Waals surface area contributed by atoms with Crippen molar-refractivity contribution in [2.24, 2.45) is 5.92 Å². The molecule has 2 atom stereocenters. The van der Waals surface area contributed by atoms with Crippen molar-refractivity contribution in [2.75, 3.05) is 6.54 Å². The van der Waals surface area contributed by atoms with Crippen LogP contribution in [0.15, 0.2) is 16.8 Å². The molecule has 1 heterocycles. The van der Waals surface area contributed by atoms with Gasteiger partial charge in [0.25, 0.3) is 0 Å². The second-order valence-corrected chi connectivity index (χ2v) is 5.40. The number of rotatable bonds is 4. The summed E-state index contributed by atoms with van der Waals surface area (Å²) in [4.78, 5) is 0. The Kier molecular flexibility index (Phi) is 4.21. The lowest BCUT2D eigenvalue weighted by Gasteiger charge is -2.29. The first-order valence-corrected chi connectivity index (χ1v) is 7.07. The van der Waals surface area contributed by atoms with Gasteiger partial charge in [-0.1, -0.05) is 19.8 Å². The summed E-state index contributed by atoms with van der Waals surface area (Å²) in [6.07, 6.45) is 6.90. The third kappa shape index (κ3) is 3.32. The number of thiophene rings is 1. The highest BCUT2D eigenvalue weighted by atomic mass is 32.1. The van der Waals surface area contributed by atoms with E-state index in [9.17, 15) is 0 Å². The van der Waals surface area contributed by atoms with Gasteiger partial charge < -0.3 is 5.32 Å². The summed E-state index contributed by atoms with van der Waals surface area (Å²) < 4.78 is 0. The molecule has 2 heteroatoms. The van der Waals surface area contributed by atoms with E-state index in [1.54, 1.807) is 5.56 Å². The van der Waals surface area contributed by atoms with Crippen LogP contribution in [0, 0.1) is 5.92 Å². The molecule has 2 unspecified atom stereocenters. The summed E-state index contributed by atoms with van der Waals surface area (Å²) in [5, 5.41) is 8.09.